The minimum atomic E-state index is 0.755. The Kier molecular flexibility index (Phi) is 5.32. The normalized spacial score (nSPS) is 16.8. The Labute approximate surface area is 113 Å². The molecule has 0 radical (unpaired) electrons. The fraction of sp³-hybridized carbons (Fsp3) is 0.769. The fourth-order valence-electron chi connectivity index (χ4n) is 2.40. The maximum atomic E-state index is 4.72. The summed E-state index contributed by atoms with van der Waals surface area (Å²) in [6.45, 7) is 3.23. The predicted molar refractivity (Wildman–Crippen MR) is 77.8 cm³/mol. The van der Waals surface area contributed by atoms with Gasteiger partial charge in [0, 0.05) is 23.2 Å². The second-order valence-electron chi connectivity index (χ2n) is 4.63. The van der Waals surface area contributed by atoms with Crippen molar-refractivity contribution in [1.82, 2.24) is 10.3 Å². The van der Waals surface area contributed by atoms with Crippen LogP contribution in [0.5, 0.6) is 0 Å². The minimum Gasteiger partial charge on any atom is -0.309 e. The third kappa shape index (κ3) is 3.70. The van der Waals surface area contributed by atoms with Crippen molar-refractivity contribution in [2.24, 2.45) is 0 Å². The summed E-state index contributed by atoms with van der Waals surface area (Å²) in [6, 6.07) is 0.755. The number of thioether (sulfide) groups is 1. The fourth-order valence-corrected chi connectivity index (χ4v) is 4.21. The van der Waals surface area contributed by atoms with Gasteiger partial charge in [-0.05, 0) is 25.5 Å². The van der Waals surface area contributed by atoms with Crippen LogP contribution in [-0.4, -0.2) is 17.3 Å². The van der Waals surface area contributed by atoms with Gasteiger partial charge in [0.2, 0.25) is 0 Å². The largest absolute Gasteiger partial charge is 0.309 e. The highest BCUT2D eigenvalue weighted by Crippen LogP contribution is 2.24. The molecule has 4 heteroatoms. The zero-order valence-corrected chi connectivity index (χ0v) is 12.4. The molecule has 0 saturated heterocycles. The van der Waals surface area contributed by atoms with E-state index in [9.17, 15) is 0 Å². The van der Waals surface area contributed by atoms with Crippen LogP contribution in [0.4, 0.5) is 0 Å². The van der Waals surface area contributed by atoms with Crippen molar-refractivity contribution in [1.29, 1.82) is 0 Å². The first-order valence-corrected chi connectivity index (χ1v) is 8.74. The summed E-state index contributed by atoms with van der Waals surface area (Å²) in [5.41, 5.74) is 1.31. The van der Waals surface area contributed by atoms with Crippen LogP contribution in [0.1, 0.15) is 48.2 Å². The lowest BCUT2D eigenvalue weighted by Crippen LogP contribution is -2.25. The Bertz CT molecular complexity index is 343. The smallest absolute Gasteiger partial charge is 0.103 e. The lowest BCUT2D eigenvalue weighted by molar-refractivity contribution is 0.525. The number of aromatic nitrogens is 1. The molecule has 0 aliphatic heterocycles. The standard InChI is InChI=1S/C13H22N2S2/c1-3-11-12(17-13(15-11)9-16-2)8-14-10-6-4-5-7-10/h10,14H,3-9H2,1-2H3. The van der Waals surface area contributed by atoms with E-state index in [-0.39, 0.29) is 0 Å². The molecule has 1 fully saturated rings. The van der Waals surface area contributed by atoms with Gasteiger partial charge in [-0.2, -0.15) is 11.8 Å². The van der Waals surface area contributed by atoms with E-state index in [0.29, 0.717) is 0 Å². The highest BCUT2D eigenvalue weighted by molar-refractivity contribution is 7.97. The quantitative estimate of drug-likeness (QED) is 0.855. The molecule has 1 N–H and O–H groups in total. The lowest BCUT2D eigenvalue weighted by atomic mass is 10.2. The van der Waals surface area contributed by atoms with Gasteiger partial charge in [0.05, 0.1) is 5.69 Å². The van der Waals surface area contributed by atoms with E-state index >= 15 is 0 Å². The molecule has 0 aromatic carbocycles. The zero-order valence-electron chi connectivity index (χ0n) is 10.8. The summed E-state index contributed by atoms with van der Waals surface area (Å²) in [6.07, 6.45) is 8.73. The molecule has 0 atom stereocenters. The molecular weight excluding hydrogens is 248 g/mol. The highest BCUT2D eigenvalue weighted by Gasteiger charge is 2.16. The second-order valence-corrected chi connectivity index (χ2v) is 6.66. The maximum absolute atomic E-state index is 4.72. The van der Waals surface area contributed by atoms with Crippen LogP contribution in [-0.2, 0) is 18.7 Å². The monoisotopic (exact) mass is 270 g/mol. The van der Waals surface area contributed by atoms with Gasteiger partial charge in [0.1, 0.15) is 5.01 Å². The van der Waals surface area contributed by atoms with Gasteiger partial charge in [0.15, 0.2) is 0 Å². The Balaban J connectivity index is 1.93. The lowest BCUT2D eigenvalue weighted by Gasteiger charge is -2.10. The Morgan fingerprint density at radius 2 is 2.18 bits per heavy atom. The summed E-state index contributed by atoms with van der Waals surface area (Å²) in [7, 11) is 0. The molecule has 2 rings (SSSR count). The number of rotatable bonds is 6. The second kappa shape index (κ2) is 6.76. The Morgan fingerprint density at radius 3 is 2.82 bits per heavy atom. The van der Waals surface area contributed by atoms with Gasteiger partial charge in [-0.3, -0.25) is 0 Å². The Hall–Kier alpha value is -0.0600. The average molecular weight is 270 g/mol. The molecular formula is C13H22N2S2. The summed E-state index contributed by atoms with van der Waals surface area (Å²) in [5, 5.41) is 4.98. The maximum Gasteiger partial charge on any atom is 0.103 e. The predicted octanol–water partition coefficient (Wildman–Crippen LogP) is 3.60. The van der Waals surface area contributed by atoms with E-state index in [4.69, 9.17) is 4.98 Å². The first-order valence-electron chi connectivity index (χ1n) is 6.53. The van der Waals surface area contributed by atoms with Crippen molar-refractivity contribution in [2.45, 2.75) is 57.4 Å². The van der Waals surface area contributed by atoms with Gasteiger partial charge < -0.3 is 5.32 Å². The van der Waals surface area contributed by atoms with E-state index in [1.807, 2.05) is 23.1 Å². The van der Waals surface area contributed by atoms with Crippen LogP contribution >= 0.6 is 23.1 Å². The number of hydrogen-bond acceptors (Lipinski definition) is 4. The molecule has 0 amide bonds. The first kappa shape index (κ1) is 13.4. The van der Waals surface area contributed by atoms with Crippen molar-refractivity contribution in [3.8, 4) is 0 Å². The number of aryl methyl sites for hydroxylation is 1. The molecule has 1 aromatic heterocycles. The van der Waals surface area contributed by atoms with Crippen LogP contribution in [0.25, 0.3) is 0 Å². The SMILES string of the molecule is CCc1nc(CSC)sc1CNC1CCCC1. The van der Waals surface area contributed by atoms with Gasteiger partial charge in [-0.25, -0.2) is 4.98 Å². The van der Waals surface area contributed by atoms with Crippen molar-refractivity contribution < 1.29 is 0 Å². The zero-order chi connectivity index (χ0) is 12.1. The Morgan fingerprint density at radius 1 is 1.41 bits per heavy atom. The third-order valence-electron chi connectivity index (χ3n) is 3.33. The first-order chi connectivity index (χ1) is 8.33. The highest BCUT2D eigenvalue weighted by atomic mass is 32.2. The van der Waals surface area contributed by atoms with Gasteiger partial charge >= 0.3 is 0 Å². The van der Waals surface area contributed by atoms with E-state index in [1.54, 1.807) is 0 Å². The molecule has 2 nitrogen and oxygen atoms in total. The van der Waals surface area contributed by atoms with E-state index < -0.39 is 0 Å². The van der Waals surface area contributed by atoms with Gasteiger partial charge in [-0.1, -0.05) is 19.8 Å². The van der Waals surface area contributed by atoms with Gasteiger partial charge in [0.25, 0.3) is 0 Å². The van der Waals surface area contributed by atoms with Gasteiger partial charge in [-0.15, -0.1) is 11.3 Å². The molecule has 1 aliphatic rings. The van der Waals surface area contributed by atoms with E-state index in [2.05, 4.69) is 18.5 Å². The van der Waals surface area contributed by atoms with Crippen LogP contribution in [0, 0.1) is 0 Å². The van der Waals surface area contributed by atoms with Crippen molar-refractivity contribution in [3.05, 3.63) is 15.6 Å². The summed E-state index contributed by atoms with van der Waals surface area (Å²) in [5.74, 6) is 1.06. The van der Waals surface area contributed by atoms with Crippen LogP contribution in [0.2, 0.25) is 0 Å². The summed E-state index contributed by atoms with van der Waals surface area (Å²) >= 11 is 3.76. The molecule has 96 valence electrons. The van der Waals surface area contributed by atoms with Crippen molar-refractivity contribution in [3.63, 3.8) is 0 Å². The summed E-state index contributed by atoms with van der Waals surface area (Å²) in [4.78, 5) is 6.18. The molecule has 1 heterocycles. The minimum absolute atomic E-state index is 0.755. The average Bonchev–Trinajstić information content (AvgIpc) is 2.95. The molecule has 0 spiro atoms. The van der Waals surface area contributed by atoms with E-state index in [0.717, 1.165) is 24.8 Å². The molecule has 0 unspecified atom stereocenters. The molecule has 1 saturated carbocycles. The summed E-state index contributed by atoms with van der Waals surface area (Å²) < 4.78 is 0. The number of hydrogen-bond donors (Lipinski definition) is 1. The number of thiazole rings is 1. The number of nitrogens with one attached hydrogen (secondary N) is 1. The molecule has 1 aromatic rings. The van der Waals surface area contributed by atoms with Crippen LogP contribution in [0.3, 0.4) is 0 Å². The third-order valence-corrected chi connectivity index (χ3v) is 5.17. The van der Waals surface area contributed by atoms with Crippen molar-refractivity contribution in [2.75, 3.05) is 6.26 Å². The molecule has 0 bridgehead atoms. The van der Waals surface area contributed by atoms with Crippen LogP contribution in [0.15, 0.2) is 0 Å². The van der Waals surface area contributed by atoms with E-state index in [1.165, 1.54) is 41.3 Å². The van der Waals surface area contributed by atoms with Crippen LogP contribution < -0.4 is 5.32 Å². The van der Waals surface area contributed by atoms with Crippen molar-refractivity contribution >= 4 is 23.1 Å². The topological polar surface area (TPSA) is 24.9 Å². The molecule has 1 aliphatic carbocycles. The molecule has 17 heavy (non-hydrogen) atoms. The number of nitrogens with zero attached hydrogens (tertiary/aromatic N) is 1.